The normalized spacial score (nSPS) is 12.0. The highest BCUT2D eigenvalue weighted by atomic mass is 35.5. The van der Waals surface area contributed by atoms with Crippen molar-refractivity contribution < 1.29 is 9.47 Å². The first kappa shape index (κ1) is 21.5. The number of halogens is 1. The number of para-hydroxylation sites is 2. The lowest BCUT2D eigenvalue weighted by Crippen LogP contribution is -2.22. The molecule has 0 fully saturated rings. The van der Waals surface area contributed by atoms with Gasteiger partial charge >= 0.3 is 0 Å². The first-order valence-corrected chi connectivity index (χ1v) is 11.8. The van der Waals surface area contributed by atoms with Crippen LogP contribution in [0.5, 0.6) is 11.5 Å². The first-order valence-electron chi connectivity index (χ1n) is 10.6. The third-order valence-corrected chi connectivity index (χ3v) is 6.67. The van der Waals surface area contributed by atoms with Crippen LogP contribution in [-0.4, -0.2) is 22.6 Å². The van der Waals surface area contributed by atoms with Gasteiger partial charge in [-0.2, -0.15) is 0 Å². The summed E-state index contributed by atoms with van der Waals surface area (Å²) >= 11 is 7.43. The highest BCUT2D eigenvalue weighted by Crippen LogP contribution is 2.21. The molecule has 0 atom stereocenters. The van der Waals surface area contributed by atoms with Crippen LogP contribution in [0.4, 0.5) is 0 Å². The molecule has 0 saturated heterocycles. The van der Waals surface area contributed by atoms with Gasteiger partial charge in [-0.25, -0.2) is 9.38 Å². The van der Waals surface area contributed by atoms with E-state index < -0.39 is 0 Å². The van der Waals surface area contributed by atoms with Gasteiger partial charge in [0.15, 0.2) is 4.96 Å². The van der Waals surface area contributed by atoms with Crippen LogP contribution in [0.25, 0.3) is 22.1 Å². The lowest BCUT2D eigenvalue weighted by atomic mass is 10.2. The van der Waals surface area contributed by atoms with Crippen LogP contribution < -0.4 is 19.6 Å². The van der Waals surface area contributed by atoms with Gasteiger partial charge in [0, 0.05) is 11.4 Å². The number of benzene rings is 3. The summed E-state index contributed by atoms with van der Waals surface area (Å²) < 4.78 is 13.9. The molecule has 2 aromatic heterocycles. The zero-order valence-electron chi connectivity index (χ0n) is 18.0. The van der Waals surface area contributed by atoms with Crippen LogP contribution in [0.2, 0.25) is 5.02 Å². The number of imidazole rings is 1. The summed E-state index contributed by atoms with van der Waals surface area (Å²) in [6.45, 7) is 3.07. The number of hydrogen-bond donors (Lipinski definition) is 0. The number of rotatable bonds is 7. The Hall–Kier alpha value is -3.35. The van der Waals surface area contributed by atoms with Crippen molar-refractivity contribution in [2.75, 3.05) is 13.2 Å². The highest BCUT2D eigenvalue weighted by Gasteiger charge is 2.10. The van der Waals surface area contributed by atoms with Crippen molar-refractivity contribution in [2.24, 2.45) is 0 Å². The third kappa shape index (κ3) is 4.58. The fraction of sp³-hybridized carbons (Fsp3) is 0.154. The van der Waals surface area contributed by atoms with E-state index in [1.165, 1.54) is 11.3 Å². The monoisotopic (exact) mass is 476 g/mol. The SMILES string of the molecule is Cc1cc(OCCCOc2ccc(/C=c3\sc4nc5ccccc5n4c3=O)cc2)ccc1Cl. The van der Waals surface area contributed by atoms with Crippen molar-refractivity contribution in [3.05, 3.63) is 97.8 Å². The molecule has 7 heteroatoms. The van der Waals surface area contributed by atoms with E-state index in [1.807, 2.05) is 79.7 Å². The molecule has 0 amide bonds. The summed E-state index contributed by atoms with van der Waals surface area (Å²) in [6.07, 6.45) is 2.65. The number of thiazole rings is 1. The number of fused-ring (bicyclic) bond motifs is 3. The van der Waals surface area contributed by atoms with E-state index in [1.54, 1.807) is 4.40 Å². The van der Waals surface area contributed by atoms with Crippen molar-refractivity contribution in [2.45, 2.75) is 13.3 Å². The van der Waals surface area contributed by atoms with E-state index in [0.717, 1.165) is 45.1 Å². The molecule has 0 unspecified atom stereocenters. The van der Waals surface area contributed by atoms with Crippen LogP contribution in [0, 0.1) is 6.92 Å². The van der Waals surface area contributed by atoms with Crippen LogP contribution in [0.3, 0.4) is 0 Å². The van der Waals surface area contributed by atoms with Gasteiger partial charge in [0.05, 0.1) is 28.8 Å². The molecule has 0 aliphatic heterocycles. The predicted molar refractivity (Wildman–Crippen MR) is 134 cm³/mol. The molecule has 0 aliphatic carbocycles. The fourth-order valence-electron chi connectivity index (χ4n) is 3.57. The maximum Gasteiger partial charge on any atom is 0.274 e. The summed E-state index contributed by atoms with van der Waals surface area (Å²) in [6, 6.07) is 21.0. The van der Waals surface area contributed by atoms with E-state index in [2.05, 4.69) is 4.98 Å². The lowest BCUT2D eigenvalue weighted by Gasteiger charge is -2.09. The number of aryl methyl sites for hydroxylation is 1. The summed E-state index contributed by atoms with van der Waals surface area (Å²) in [4.78, 5) is 18.1. The molecule has 5 aromatic rings. The van der Waals surface area contributed by atoms with Crippen molar-refractivity contribution in [1.29, 1.82) is 0 Å². The van der Waals surface area contributed by atoms with E-state index in [0.29, 0.717) is 22.7 Å². The van der Waals surface area contributed by atoms with Gasteiger partial charge in [-0.15, -0.1) is 0 Å². The van der Waals surface area contributed by atoms with Crippen molar-refractivity contribution in [3.8, 4) is 11.5 Å². The first-order chi connectivity index (χ1) is 16.1. The maximum atomic E-state index is 12.9. The molecule has 0 radical (unpaired) electrons. The summed E-state index contributed by atoms with van der Waals surface area (Å²) in [5, 5.41) is 0.736. The predicted octanol–water partition coefficient (Wildman–Crippen LogP) is 5.27. The van der Waals surface area contributed by atoms with Crippen LogP contribution in [0.15, 0.2) is 71.5 Å². The minimum absolute atomic E-state index is 0.0418. The molecule has 33 heavy (non-hydrogen) atoms. The highest BCUT2D eigenvalue weighted by molar-refractivity contribution is 7.15. The minimum Gasteiger partial charge on any atom is -0.493 e. The standard InChI is InChI=1S/C26H21ClN2O3S/c1-17-15-20(11-12-21(17)27)32-14-4-13-31-19-9-7-18(8-10-19)16-24-25(30)29-23-6-3-2-5-22(23)28-26(29)33-24/h2-3,5-12,15-16H,4,13-14H2,1H3/b24-16-. The Morgan fingerprint density at radius 3 is 2.52 bits per heavy atom. The number of nitrogens with zero attached hydrogens (tertiary/aromatic N) is 2. The molecule has 3 aromatic carbocycles. The quantitative estimate of drug-likeness (QED) is 0.300. The molecule has 0 bridgehead atoms. The van der Waals surface area contributed by atoms with Crippen LogP contribution in [0.1, 0.15) is 17.5 Å². The van der Waals surface area contributed by atoms with Crippen molar-refractivity contribution in [3.63, 3.8) is 0 Å². The maximum absolute atomic E-state index is 12.9. The topological polar surface area (TPSA) is 52.8 Å². The Morgan fingerprint density at radius 2 is 1.73 bits per heavy atom. The average molecular weight is 477 g/mol. The molecular formula is C26H21ClN2O3S. The molecule has 5 rings (SSSR count). The van der Waals surface area contributed by atoms with Crippen LogP contribution in [-0.2, 0) is 0 Å². The molecule has 0 aliphatic rings. The molecule has 166 valence electrons. The van der Waals surface area contributed by atoms with E-state index in [4.69, 9.17) is 21.1 Å². The van der Waals surface area contributed by atoms with Gasteiger partial charge < -0.3 is 9.47 Å². The van der Waals surface area contributed by atoms with Gasteiger partial charge in [-0.1, -0.05) is 47.2 Å². The van der Waals surface area contributed by atoms with Crippen LogP contribution >= 0.6 is 22.9 Å². The van der Waals surface area contributed by atoms with E-state index >= 15 is 0 Å². The van der Waals surface area contributed by atoms with E-state index in [-0.39, 0.29) is 5.56 Å². The summed E-state index contributed by atoms with van der Waals surface area (Å²) in [5.74, 6) is 1.59. The smallest absolute Gasteiger partial charge is 0.274 e. The second-order valence-corrected chi connectivity index (χ2v) is 9.08. The zero-order valence-corrected chi connectivity index (χ0v) is 19.5. The van der Waals surface area contributed by atoms with Gasteiger partial charge in [0.1, 0.15) is 11.5 Å². The second kappa shape index (κ2) is 9.25. The Kier molecular flexibility index (Phi) is 6.03. The number of ether oxygens (including phenoxy) is 2. The van der Waals surface area contributed by atoms with Crippen molar-refractivity contribution in [1.82, 2.24) is 9.38 Å². The molecular weight excluding hydrogens is 456 g/mol. The van der Waals surface area contributed by atoms with E-state index in [9.17, 15) is 4.79 Å². The Bertz CT molecular complexity index is 1540. The largest absolute Gasteiger partial charge is 0.493 e. The number of aromatic nitrogens is 2. The van der Waals surface area contributed by atoms with Gasteiger partial charge in [-0.05, 0) is 66.6 Å². The zero-order chi connectivity index (χ0) is 22.8. The van der Waals surface area contributed by atoms with Crippen molar-refractivity contribution >= 4 is 45.0 Å². The second-order valence-electron chi connectivity index (χ2n) is 7.66. The average Bonchev–Trinajstić information content (AvgIpc) is 3.33. The fourth-order valence-corrected chi connectivity index (χ4v) is 4.67. The molecule has 0 spiro atoms. The summed E-state index contributed by atoms with van der Waals surface area (Å²) in [5.41, 5.74) is 3.57. The van der Waals surface area contributed by atoms with Gasteiger partial charge in [0.25, 0.3) is 5.56 Å². The molecule has 0 saturated carbocycles. The summed E-state index contributed by atoms with van der Waals surface area (Å²) in [7, 11) is 0. The Balaban J connectivity index is 1.20. The van der Waals surface area contributed by atoms with Gasteiger partial charge in [0.2, 0.25) is 0 Å². The third-order valence-electron chi connectivity index (χ3n) is 5.28. The minimum atomic E-state index is -0.0418. The Morgan fingerprint density at radius 1 is 1.00 bits per heavy atom. The molecule has 2 heterocycles. The van der Waals surface area contributed by atoms with Gasteiger partial charge in [-0.3, -0.25) is 4.79 Å². The number of hydrogen-bond acceptors (Lipinski definition) is 5. The Labute approximate surface area is 199 Å². The molecule has 0 N–H and O–H groups in total. The molecule has 5 nitrogen and oxygen atoms in total. The lowest BCUT2D eigenvalue weighted by molar-refractivity contribution is 0.247.